The summed E-state index contributed by atoms with van der Waals surface area (Å²) in [6.45, 7) is 5.71. The maximum absolute atomic E-state index is 11.9. The van der Waals surface area contributed by atoms with E-state index < -0.39 is 10.0 Å². The minimum atomic E-state index is -3.40. The molecule has 108 valence electrons. The van der Waals surface area contributed by atoms with Gasteiger partial charge in [-0.2, -0.15) is 0 Å². The minimum Gasteiger partial charge on any atom is -0.327 e. The number of hydrogen-bond donors (Lipinski definition) is 2. The first-order valence-electron chi connectivity index (χ1n) is 6.72. The average Bonchev–Trinajstić information content (AvgIpc) is 2.28. The fraction of sp³-hybridized carbons (Fsp3) is 0.571. The SMILES string of the molecule is CCCC(N)Cc1ccc(S(=O)(=O)NC(C)C)cc1. The van der Waals surface area contributed by atoms with Crippen molar-refractivity contribution < 1.29 is 8.42 Å². The third-order valence-corrected chi connectivity index (χ3v) is 4.46. The van der Waals surface area contributed by atoms with E-state index in [1.807, 2.05) is 12.1 Å². The average molecular weight is 284 g/mol. The van der Waals surface area contributed by atoms with E-state index in [-0.39, 0.29) is 12.1 Å². The molecule has 1 aromatic carbocycles. The van der Waals surface area contributed by atoms with Gasteiger partial charge in [0.25, 0.3) is 0 Å². The molecule has 0 aliphatic heterocycles. The molecule has 0 saturated carbocycles. The van der Waals surface area contributed by atoms with Gasteiger partial charge in [0.15, 0.2) is 0 Å². The van der Waals surface area contributed by atoms with Gasteiger partial charge in [0.2, 0.25) is 10.0 Å². The van der Waals surface area contributed by atoms with E-state index >= 15 is 0 Å². The van der Waals surface area contributed by atoms with Gasteiger partial charge in [-0.05, 0) is 44.4 Å². The number of hydrogen-bond acceptors (Lipinski definition) is 3. The van der Waals surface area contributed by atoms with Crippen molar-refractivity contribution in [2.45, 2.75) is 57.0 Å². The zero-order valence-electron chi connectivity index (χ0n) is 11.9. The van der Waals surface area contributed by atoms with Crippen molar-refractivity contribution >= 4 is 10.0 Å². The zero-order valence-corrected chi connectivity index (χ0v) is 12.7. The topological polar surface area (TPSA) is 72.2 Å². The summed E-state index contributed by atoms with van der Waals surface area (Å²) in [7, 11) is -3.40. The van der Waals surface area contributed by atoms with Crippen LogP contribution in [0.3, 0.4) is 0 Å². The molecule has 0 amide bonds. The second kappa shape index (κ2) is 7.03. The maximum atomic E-state index is 11.9. The fourth-order valence-electron chi connectivity index (χ4n) is 1.96. The summed E-state index contributed by atoms with van der Waals surface area (Å²) in [6, 6.07) is 6.98. The second-order valence-corrected chi connectivity index (χ2v) is 6.89. The van der Waals surface area contributed by atoms with Gasteiger partial charge in [-0.3, -0.25) is 0 Å². The van der Waals surface area contributed by atoms with Crippen molar-refractivity contribution in [3.63, 3.8) is 0 Å². The monoisotopic (exact) mass is 284 g/mol. The van der Waals surface area contributed by atoms with Crippen LogP contribution in [0.1, 0.15) is 39.2 Å². The van der Waals surface area contributed by atoms with Gasteiger partial charge < -0.3 is 5.73 Å². The Morgan fingerprint density at radius 2 is 1.79 bits per heavy atom. The highest BCUT2D eigenvalue weighted by Gasteiger charge is 2.15. The number of nitrogens with one attached hydrogen (secondary N) is 1. The van der Waals surface area contributed by atoms with Crippen molar-refractivity contribution in [1.29, 1.82) is 0 Å². The number of rotatable bonds is 7. The number of benzene rings is 1. The molecule has 0 aliphatic rings. The largest absolute Gasteiger partial charge is 0.327 e. The van der Waals surface area contributed by atoms with Crippen LogP contribution in [0.4, 0.5) is 0 Å². The molecule has 0 aliphatic carbocycles. The van der Waals surface area contributed by atoms with Crippen LogP contribution in [0.2, 0.25) is 0 Å². The Morgan fingerprint density at radius 1 is 1.21 bits per heavy atom. The lowest BCUT2D eigenvalue weighted by Crippen LogP contribution is -2.30. The van der Waals surface area contributed by atoms with Crippen molar-refractivity contribution in [3.8, 4) is 0 Å². The van der Waals surface area contributed by atoms with Gasteiger partial charge in [0.05, 0.1) is 4.90 Å². The van der Waals surface area contributed by atoms with Gasteiger partial charge in [-0.15, -0.1) is 0 Å². The summed E-state index contributed by atoms with van der Waals surface area (Å²) >= 11 is 0. The van der Waals surface area contributed by atoms with Crippen LogP contribution in [0.5, 0.6) is 0 Å². The zero-order chi connectivity index (χ0) is 14.5. The third-order valence-electron chi connectivity index (χ3n) is 2.78. The van der Waals surface area contributed by atoms with Gasteiger partial charge in [0.1, 0.15) is 0 Å². The molecule has 4 nitrogen and oxygen atoms in total. The first-order chi connectivity index (χ1) is 8.85. The molecule has 5 heteroatoms. The van der Waals surface area contributed by atoms with Crippen molar-refractivity contribution in [2.75, 3.05) is 0 Å². The Bertz CT molecular complexity index is 481. The van der Waals surface area contributed by atoms with Crippen LogP contribution in [0.15, 0.2) is 29.2 Å². The Morgan fingerprint density at radius 3 is 2.26 bits per heavy atom. The second-order valence-electron chi connectivity index (χ2n) is 5.17. The molecule has 0 fully saturated rings. The van der Waals surface area contributed by atoms with Gasteiger partial charge in [-0.25, -0.2) is 13.1 Å². The first kappa shape index (κ1) is 16.1. The van der Waals surface area contributed by atoms with Crippen LogP contribution >= 0.6 is 0 Å². The predicted molar refractivity (Wildman–Crippen MR) is 78.5 cm³/mol. The van der Waals surface area contributed by atoms with E-state index in [0.29, 0.717) is 4.90 Å². The molecule has 3 N–H and O–H groups in total. The van der Waals surface area contributed by atoms with E-state index in [2.05, 4.69) is 11.6 Å². The molecule has 1 aromatic rings. The third kappa shape index (κ3) is 5.30. The molecule has 19 heavy (non-hydrogen) atoms. The number of nitrogens with two attached hydrogens (primary N) is 1. The predicted octanol–water partition coefficient (Wildman–Crippen LogP) is 2.04. The Labute approximate surface area is 116 Å². The minimum absolute atomic E-state index is 0.109. The van der Waals surface area contributed by atoms with Crippen molar-refractivity contribution in [3.05, 3.63) is 29.8 Å². The summed E-state index contributed by atoms with van der Waals surface area (Å²) < 4.78 is 26.4. The van der Waals surface area contributed by atoms with Crippen LogP contribution < -0.4 is 10.5 Å². The molecule has 0 heterocycles. The van der Waals surface area contributed by atoms with Crippen molar-refractivity contribution in [1.82, 2.24) is 4.72 Å². The summed E-state index contributed by atoms with van der Waals surface area (Å²) in [5.41, 5.74) is 7.05. The van der Waals surface area contributed by atoms with Crippen LogP contribution in [0, 0.1) is 0 Å². The number of sulfonamides is 1. The standard InChI is InChI=1S/C14H24N2O2S/c1-4-5-13(15)10-12-6-8-14(9-7-12)19(17,18)16-11(2)3/h6-9,11,13,16H,4-5,10,15H2,1-3H3. The highest BCUT2D eigenvalue weighted by atomic mass is 32.2. The molecule has 0 spiro atoms. The van der Waals surface area contributed by atoms with E-state index in [4.69, 9.17) is 5.73 Å². The Kier molecular flexibility index (Phi) is 5.97. The van der Waals surface area contributed by atoms with Crippen molar-refractivity contribution in [2.24, 2.45) is 5.73 Å². The molecule has 0 radical (unpaired) electrons. The summed E-state index contributed by atoms with van der Waals surface area (Å²) in [4.78, 5) is 0.300. The van der Waals surface area contributed by atoms with Crippen LogP contribution in [-0.2, 0) is 16.4 Å². The maximum Gasteiger partial charge on any atom is 0.240 e. The molecule has 0 saturated heterocycles. The molecule has 1 unspecified atom stereocenters. The molecular formula is C14H24N2O2S. The Hall–Kier alpha value is -0.910. The van der Waals surface area contributed by atoms with Gasteiger partial charge in [0, 0.05) is 12.1 Å². The molecule has 1 rings (SSSR count). The quantitative estimate of drug-likeness (QED) is 0.805. The highest BCUT2D eigenvalue weighted by molar-refractivity contribution is 7.89. The van der Waals surface area contributed by atoms with E-state index in [1.165, 1.54) is 0 Å². The highest BCUT2D eigenvalue weighted by Crippen LogP contribution is 2.13. The molecular weight excluding hydrogens is 260 g/mol. The smallest absolute Gasteiger partial charge is 0.240 e. The lowest BCUT2D eigenvalue weighted by Gasteiger charge is -2.12. The van der Waals surface area contributed by atoms with Crippen LogP contribution in [-0.4, -0.2) is 20.5 Å². The molecule has 0 bridgehead atoms. The summed E-state index contributed by atoms with van der Waals surface area (Å²) in [5.74, 6) is 0. The Balaban J connectivity index is 2.76. The first-order valence-corrected chi connectivity index (χ1v) is 8.20. The fourth-order valence-corrected chi connectivity index (χ4v) is 3.21. The van der Waals surface area contributed by atoms with E-state index in [1.54, 1.807) is 26.0 Å². The van der Waals surface area contributed by atoms with E-state index in [9.17, 15) is 8.42 Å². The molecule has 1 atom stereocenters. The van der Waals surface area contributed by atoms with E-state index in [0.717, 1.165) is 24.8 Å². The lowest BCUT2D eigenvalue weighted by molar-refractivity contribution is 0.569. The summed E-state index contributed by atoms with van der Waals surface area (Å²) in [5, 5.41) is 0. The van der Waals surface area contributed by atoms with Crippen LogP contribution in [0.25, 0.3) is 0 Å². The van der Waals surface area contributed by atoms with Gasteiger partial charge >= 0.3 is 0 Å². The lowest BCUT2D eigenvalue weighted by atomic mass is 10.0. The summed E-state index contributed by atoms with van der Waals surface area (Å²) in [6.07, 6.45) is 2.83. The van der Waals surface area contributed by atoms with Gasteiger partial charge in [-0.1, -0.05) is 25.5 Å². The normalized spacial score (nSPS) is 13.7. The molecule has 0 aromatic heterocycles.